The Kier molecular flexibility index (Phi) is 6.45. The van der Waals surface area contributed by atoms with Gasteiger partial charge >= 0.3 is 0 Å². The van der Waals surface area contributed by atoms with E-state index < -0.39 is 0 Å². The fourth-order valence-corrected chi connectivity index (χ4v) is 3.35. The summed E-state index contributed by atoms with van der Waals surface area (Å²) >= 11 is 0. The molecule has 6 heteroatoms. The van der Waals surface area contributed by atoms with E-state index >= 15 is 0 Å². The molecule has 3 atom stereocenters. The summed E-state index contributed by atoms with van der Waals surface area (Å²) in [5.74, 6) is 0.507. The van der Waals surface area contributed by atoms with Crippen molar-refractivity contribution in [2.45, 2.75) is 50.6 Å². The minimum absolute atomic E-state index is 0.0365. The van der Waals surface area contributed by atoms with E-state index in [4.69, 9.17) is 4.74 Å². The Morgan fingerprint density at radius 1 is 1.14 bits per heavy atom. The zero-order chi connectivity index (χ0) is 15.1. The van der Waals surface area contributed by atoms with Crippen molar-refractivity contribution >= 4 is 11.8 Å². The maximum Gasteiger partial charge on any atom is 0.239 e. The Hall–Kier alpha value is -1.14. The van der Waals surface area contributed by atoms with Gasteiger partial charge in [-0.15, -0.1) is 0 Å². The second-order valence-corrected chi connectivity index (χ2v) is 6.01. The van der Waals surface area contributed by atoms with Gasteiger partial charge in [0, 0.05) is 19.7 Å². The normalized spacial score (nSPS) is 28.5. The molecule has 2 amide bonds. The summed E-state index contributed by atoms with van der Waals surface area (Å²) in [6, 6.07) is 0.343. The molecule has 2 aliphatic rings. The van der Waals surface area contributed by atoms with Gasteiger partial charge in [0.2, 0.25) is 11.8 Å². The van der Waals surface area contributed by atoms with E-state index in [1.54, 1.807) is 7.11 Å². The summed E-state index contributed by atoms with van der Waals surface area (Å²) in [5, 5.41) is 8.88. The van der Waals surface area contributed by atoms with E-state index in [1.165, 1.54) is 25.7 Å². The van der Waals surface area contributed by atoms with E-state index in [2.05, 4.69) is 16.0 Å². The largest absolute Gasteiger partial charge is 0.383 e. The lowest BCUT2D eigenvalue weighted by atomic mass is 9.77. The molecule has 1 heterocycles. The number of fused-ring (bicyclic) bond motifs is 1. The molecular formula is C15H27N3O3. The van der Waals surface area contributed by atoms with E-state index in [0.717, 1.165) is 18.8 Å². The number of carbonyl (C=O) groups is 2. The van der Waals surface area contributed by atoms with Gasteiger partial charge < -0.3 is 20.7 Å². The number of hydrogen-bond donors (Lipinski definition) is 3. The first-order valence-corrected chi connectivity index (χ1v) is 8.00. The number of nitrogens with one attached hydrogen (secondary N) is 3. The van der Waals surface area contributed by atoms with Crippen LogP contribution in [0.25, 0.3) is 0 Å². The van der Waals surface area contributed by atoms with Crippen LogP contribution in [0.3, 0.4) is 0 Å². The molecule has 6 nitrogen and oxygen atoms in total. The molecule has 1 aliphatic heterocycles. The summed E-state index contributed by atoms with van der Waals surface area (Å²) in [6.45, 7) is 0.985. The molecular weight excluding hydrogens is 270 g/mol. The molecule has 0 bridgehead atoms. The number of hydrogen-bond acceptors (Lipinski definition) is 4. The van der Waals surface area contributed by atoms with Gasteiger partial charge in [-0.05, 0) is 31.6 Å². The Bertz CT molecular complexity index is 362. The Balaban J connectivity index is 1.67. The molecule has 3 unspecified atom stereocenters. The molecule has 0 aromatic heterocycles. The number of amides is 2. The molecule has 3 N–H and O–H groups in total. The summed E-state index contributed by atoms with van der Waals surface area (Å²) in [5.41, 5.74) is 0. The number of methoxy groups -OCH3 is 1. The van der Waals surface area contributed by atoms with Crippen LogP contribution >= 0.6 is 0 Å². The molecule has 1 saturated carbocycles. The van der Waals surface area contributed by atoms with Crippen LogP contribution in [0.1, 0.15) is 38.5 Å². The van der Waals surface area contributed by atoms with Crippen molar-refractivity contribution in [2.75, 3.05) is 26.8 Å². The van der Waals surface area contributed by atoms with Crippen LogP contribution in [0.2, 0.25) is 0 Å². The first-order valence-electron chi connectivity index (χ1n) is 8.00. The maximum atomic E-state index is 12.1. The smallest absolute Gasteiger partial charge is 0.239 e. The third-order valence-electron chi connectivity index (χ3n) is 4.52. The highest BCUT2D eigenvalue weighted by Gasteiger charge is 2.34. The summed E-state index contributed by atoms with van der Waals surface area (Å²) in [7, 11) is 1.58. The topological polar surface area (TPSA) is 79.5 Å². The van der Waals surface area contributed by atoms with Gasteiger partial charge in [-0.3, -0.25) is 9.59 Å². The van der Waals surface area contributed by atoms with E-state index in [-0.39, 0.29) is 24.4 Å². The zero-order valence-corrected chi connectivity index (χ0v) is 12.8. The lowest BCUT2D eigenvalue weighted by Gasteiger charge is -2.39. The molecule has 0 spiro atoms. The average Bonchev–Trinajstić information content (AvgIpc) is 2.52. The monoisotopic (exact) mass is 297 g/mol. The van der Waals surface area contributed by atoms with Crippen LogP contribution in [0.5, 0.6) is 0 Å². The maximum absolute atomic E-state index is 12.1. The Labute approximate surface area is 126 Å². The van der Waals surface area contributed by atoms with E-state index in [0.29, 0.717) is 19.2 Å². The lowest BCUT2D eigenvalue weighted by molar-refractivity contribution is -0.128. The van der Waals surface area contributed by atoms with Gasteiger partial charge in [-0.1, -0.05) is 12.8 Å². The van der Waals surface area contributed by atoms with Crippen molar-refractivity contribution in [3.8, 4) is 0 Å². The van der Waals surface area contributed by atoms with E-state index in [9.17, 15) is 9.59 Å². The molecule has 0 aromatic rings. The van der Waals surface area contributed by atoms with Crippen molar-refractivity contribution in [2.24, 2.45) is 5.92 Å². The van der Waals surface area contributed by atoms with Crippen molar-refractivity contribution in [1.82, 2.24) is 16.0 Å². The van der Waals surface area contributed by atoms with Crippen LogP contribution in [0.4, 0.5) is 0 Å². The fraction of sp³-hybridized carbons (Fsp3) is 0.867. The average molecular weight is 297 g/mol. The van der Waals surface area contributed by atoms with Gasteiger partial charge in [0.1, 0.15) is 0 Å². The van der Waals surface area contributed by atoms with Crippen molar-refractivity contribution in [1.29, 1.82) is 0 Å². The Morgan fingerprint density at radius 2 is 1.95 bits per heavy atom. The van der Waals surface area contributed by atoms with E-state index in [1.807, 2.05) is 0 Å². The molecule has 120 valence electrons. The van der Waals surface area contributed by atoms with Gasteiger partial charge in [0.25, 0.3) is 0 Å². The summed E-state index contributed by atoms with van der Waals surface area (Å²) < 4.78 is 4.85. The highest BCUT2D eigenvalue weighted by atomic mass is 16.5. The Morgan fingerprint density at radius 3 is 2.76 bits per heavy atom. The van der Waals surface area contributed by atoms with Crippen molar-refractivity contribution in [3.63, 3.8) is 0 Å². The SMILES string of the molecule is COCCNC(=O)CNC(=O)C1CCC2CCCCC2N1. The first kappa shape index (κ1) is 16.2. The molecule has 0 radical (unpaired) electrons. The predicted octanol–water partition coefficient (Wildman–Crippen LogP) is 0.176. The molecule has 2 rings (SSSR count). The standard InChI is InChI=1S/C15H27N3O3/c1-21-9-8-16-14(19)10-17-15(20)13-7-6-11-4-2-3-5-12(11)18-13/h11-13,18H,2-10H2,1H3,(H,16,19)(H,17,20). The van der Waals surface area contributed by atoms with Gasteiger partial charge in [-0.2, -0.15) is 0 Å². The first-order chi connectivity index (χ1) is 10.2. The highest BCUT2D eigenvalue weighted by molar-refractivity contribution is 5.87. The minimum atomic E-state index is -0.174. The van der Waals surface area contributed by atoms with Crippen LogP contribution < -0.4 is 16.0 Å². The van der Waals surface area contributed by atoms with Gasteiger partial charge in [-0.25, -0.2) is 0 Å². The quantitative estimate of drug-likeness (QED) is 0.611. The second kappa shape index (κ2) is 8.34. The number of piperidine rings is 1. The van der Waals surface area contributed by atoms with Crippen LogP contribution in [-0.2, 0) is 14.3 Å². The molecule has 21 heavy (non-hydrogen) atoms. The third-order valence-corrected chi connectivity index (χ3v) is 4.52. The predicted molar refractivity (Wildman–Crippen MR) is 79.8 cm³/mol. The zero-order valence-electron chi connectivity index (χ0n) is 12.8. The number of rotatable bonds is 6. The molecule has 0 aromatic carbocycles. The number of carbonyl (C=O) groups excluding carboxylic acids is 2. The lowest BCUT2D eigenvalue weighted by Crippen LogP contribution is -2.55. The second-order valence-electron chi connectivity index (χ2n) is 6.01. The summed E-state index contributed by atoms with van der Waals surface area (Å²) in [6.07, 6.45) is 7.03. The molecule has 1 aliphatic carbocycles. The van der Waals surface area contributed by atoms with Gasteiger partial charge in [0.15, 0.2) is 0 Å². The van der Waals surface area contributed by atoms with Crippen molar-refractivity contribution < 1.29 is 14.3 Å². The van der Waals surface area contributed by atoms with Crippen LogP contribution in [0.15, 0.2) is 0 Å². The summed E-state index contributed by atoms with van der Waals surface area (Å²) in [4.78, 5) is 23.7. The third kappa shape index (κ3) is 4.97. The highest BCUT2D eigenvalue weighted by Crippen LogP contribution is 2.32. The molecule has 1 saturated heterocycles. The minimum Gasteiger partial charge on any atom is -0.383 e. The fourth-order valence-electron chi connectivity index (χ4n) is 3.35. The van der Waals surface area contributed by atoms with Crippen LogP contribution in [-0.4, -0.2) is 50.7 Å². The van der Waals surface area contributed by atoms with Crippen LogP contribution in [0, 0.1) is 5.92 Å². The van der Waals surface area contributed by atoms with Crippen molar-refractivity contribution in [3.05, 3.63) is 0 Å². The molecule has 2 fully saturated rings. The number of ether oxygens (including phenoxy) is 1. The van der Waals surface area contributed by atoms with Gasteiger partial charge in [0.05, 0.1) is 19.2 Å².